The second-order valence-electron chi connectivity index (χ2n) is 7.08. The summed E-state index contributed by atoms with van der Waals surface area (Å²) < 4.78 is 5.75. The Bertz CT molecular complexity index is 326. The molecule has 0 bridgehead atoms. The van der Waals surface area contributed by atoms with Crippen LogP contribution in [0.2, 0.25) is 0 Å². The summed E-state index contributed by atoms with van der Waals surface area (Å²) in [6.07, 6.45) is 4.37. The van der Waals surface area contributed by atoms with E-state index < -0.39 is 0 Å². The smallest absolute Gasteiger partial charge is 0.410 e. The second kappa shape index (κ2) is 5.03. The average molecular weight is 318 g/mol. The maximum atomic E-state index is 12.0. The van der Waals surface area contributed by atoms with Gasteiger partial charge in [-0.15, -0.1) is 0 Å². The van der Waals surface area contributed by atoms with Crippen molar-refractivity contribution in [2.45, 2.75) is 52.1 Å². The highest BCUT2D eigenvalue weighted by Gasteiger charge is 2.48. The van der Waals surface area contributed by atoms with Crippen LogP contribution in [0.5, 0.6) is 0 Å². The van der Waals surface area contributed by atoms with Crippen molar-refractivity contribution in [3.8, 4) is 0 Å². The van der Waals surface area contributed by atoms with Gasteiger partial charge in [0.05, 0.1) is 6.54 Å². The average Bonchev–Trinajstić information content (AvgIpc) is 2.52. The van der Waals surface area contributed by atoms with E-state index in [-0.39, 0.29) is 17.1 Å². The fourth-order valence-corrected chi connectivity index (χ4v) is 3.75. The number of carbonyl (C=O) groups is 1. The molecule has 2 aliphatic rings. The van der Waals surface area contributed by atoms with Crippen molar-refractivity contribution in [2.24, 2.45) is 11.3 Å². The Hall–Kier alpha value is -0.250. The molecule has 0 aromatic heterocycles. The van der Waals surface area contributed by atoms with E-state index in [9.17, 15) is 4.79 Å². The monoisotopic (exact) mass is 317 g/mol. The summed E-state index contributed by atoms with van der Waals surface area (Å²) in [5, 5.41) is 1.02. The molecule has 2 rings (SSSR count). The lowest BCUT2D eigenvalue weighted by Gasteiger charge is -2.35. The lowest BCUT2D eigenvalue weighted by molar-refractivity contribution is 0.0110. The van der Waals surface area contributed by atoms with Crippen LogP contribution in [0, 0.1) is 11.3 Å². The molecule has 2 fully saturated rings. The molecule has 1 aliphatic heterocycles. The third-order valence-corrected chi connectivity index (χ3v) is 4.75. The van der Waals surface area contributed by atoms with Gasteiger partial charge in [0.2, 0.25) is 0 Å². The summed E-state index contributed by atoms with van der Waals surface area (Å²) in [6, 6.07) is 0. The normalized spacial score (nSPS) is 33.0. The first-order valence-electron chi connectivity index (χ1n) is 6.87. The Morgan fingerprint density at radius 1 is 1.50 bits per heavy atom. The molecule has 0 N–H and O–H groups in total. The van der Waals surface area contributed by atoms with Crippen molar-refractivity contribution in [1.82, 2.24) is 4.90 Å². The predicted molar refractivity (Wildman–Crippen MR) is 76.0 cm³/mol. The molecule has 2 unspecified atom stereocenters. The van der Waals surface area contributed by atoms with E-state index in [1.807, 2.05) is 4.90 Å². The Balaban J connectivity index is 2.02. The Morgan fingerprint density at radius 2 is 2.22 bits per heavy atom. The summed E-state index contributed by atoms with van der Waals surface area (Å²) in [7, 11) is 0. The Morgan fingerprint density at radius 3 is 2.83 bits per heavy atom. The van der Waals surface area contributed by atoms with Crippen LogP contribution in [-0.2, 0) is 4.74 Å². The number of carbonyl (C=O) groups excluding carboxylic acids is 1. The first-order valence-corrected chi connectivity index (χ1v) is 8.00. The fourth-order valence-electron chi connectivity index (χ4n) is 3.20. The number of halogens is 1. The number of ether oxygens (including phenoxy) is 1. The van der Waals surface area contributed by atoms with Gasteiger partial charge in [-0.3, -0.25) is 0 Å². The van der Waals surface area contributed by atoms with Gasteiger partial charge in [-0.1, -0.05) is 36.7 Å². The van der Waals surface area contributed by atoms with E-state index in [0.717, 1.165) is 31.3 Å². The van der Waals surface area contributed by atoms with Gasteiger partial charge < -0.3 is 9.64 Å². The quantitative estimate of drug-likeness (QED) is 0.725. The zero-order chi connectivity index (χ0) is 13.4. The first-order chi connectivity index (χ1) is 8.34. The van der Waals surface area contributed by atoms with E-state index >= 15 is 0 Å². The van der Waals surface area contributed by atoms with Crippen molar-refractivity contribution >= 4 is 22.0 Å². The standard InChI is InChI=1S/C14H24BrNO2/c1-13(2,3)9-16-10-14(18-12(16)17)6-4-5-11(7-14)8-15/h11H,4-10H2,1-3H3. The molecule has 18 heavy (non-hydrogen) atoms. The van der Waals surface area contributed by atoms with Gasteiger partial charge in [-0.25, -0.2) is 4.79 Å². The molecule has 2 atom stereocenters. The van der Waals surface area contributed by atoms with Crippen LogP contribution < -0.4 is 0 Å². The summed E-state index contributed by atoms with van der Waals surface area (Å²) in [6.45, 7) is 8.05. The highest BCUT2D eigenvalue weighted by atomic mass is 79.9. The van der Waals surface area contributed by atoms with E-state index in [1.54, 1.807) is 0 Å². The molecule has 1 heterocycles. The lowest BCUT2D eigenvalue weighted by atomic mass is 9.79. The van der Waals surface area contributed by atoms with Crippen molar-refractivity contribution in [2.75, 3.05) is 18.4 Å². The van der Waals surface area contributed by atoms with Gasteiger partial charge in [-0.2, -0.15) is 0 Å². The zero-order valence-corrected chi connectivity index (χ0v) is 13.3. The van der Waals surface area contributed by atoms with Crippen LogP contribution in [0.15, 0.2) is 0 Å². The third kappa shape index (κ3) is 3.19. The minimum absolute atomic E-state index is 0.111. The molecule has 1 saturated heterocycles. The summed E-state index contributed by atoms with van der Waals surface area (Å²) in [4.78, 5) is 13.9. The highest BCUT2D eigenvalue weighted by molar-refractivity contribution is 9.09. The van der Waals surface area contributed by atoms with Gasteiger partial charge in [0.15, 0.2) is 0 Å². The summed E-state index contributed by atoms with van der Waals surface area (Å²) >= 11 is 3.57. The molecule has 104 valence electrons. The third-order valence-electron chi connectivity index (χ3n) is 3.83. The molecule has 4 heteroatoms. The molecule has 0 radical (unpaired) electrons. The van der Waals surface area contributed by atoms with Gasteiger partial charge in [-0.05, 0) is 37.0 Å². The maximum absolute atomic E-state index is 12.0. The van der Waals surface area contributed by atoms with Crippen molar-refractivity contribution < 1.29 is 9.53 Å². The molecule has 0 aromatic carbocycles. The van der Waals surface area contributed by atoms with Crippen LogP contribution in [0.25, 0.3) is 0 Å². The van der Waals surface area contributed by atoms with Crippen LogP contribution >= 0.6 is 15.9 Å². The van der Waals surface area contributed by atoms with Crippen molar-refractivity contribution in [3.05, 3.63) is 0 Å². The molecule has 1 saturated carbocycles. The second-order valence-corrected chi connectivity index (χ2v) is 7.73. The van der Waals surface area contributed by atoms with Gasteiger partial charge in [0.25, 0.3) is 0 Å². The zero-order valence-electron chi connectivity index (χ0n) is 11.7. The molecular weight excluding hydrogens is 294 g/mol. The number of amides is 1. The number of hydrogen-bond donors (Lipinski definition) is 0. The minimum atomic E-state index is -0.195. The molecule has 3 nitrogen and oxygen atoms in total. The lowest BCUT2D eigenvalue weighted by Crippen LogP contribution is -2.41. The van der Waals surface area contributed by atoms with Crippen LogP contribution in [-0.4, -0.2) is 35.0 Å². The van der Waals surface area contributed by atoms with E-state index in [2.05, 4.69) is 36.7 Å². The van der Waals surface area contributed by atoms with Crippen molar-refractivity contribution in [3.63, 3.8) is 0 Å². The van der Waals surface area contributed by atoms with Crippen LogP contribution in [0.4, 0.5) is 4.79 Å². The number of nitrogens with zero attached hydrogens (tertiary/aromatic N) is 1. The van der Waals surface area contributed by atoms with Gasteiger partial charge in [0.1, 0.15) is 5.60 Å². The molecule has 0 aromatic rings. The van der Waals surface area contributed by atoms with Gasteiger partial charge >= 0.3 is 6.09 Å². The molecular formula is C14H24BrNO2. The SMILES string of the molecule is CC(C)(C)CN1CC2(CCCC(CBr)C2)OC1=O. The number of alkyl halides is 1. The van der Waals surface area contributed by atoms with Crippen LogP contribution in [0.3, 0.4) is 0 Å². The van der Waals surface area contributed by atoms with Gasteiger partial charge in [0, 0.05) is 11.9 Å². The largest absolute Gasteiger partial charge is 0.441 e. The topological polar surface area (TPSA) is 29.5 Å². The van der Waals surface area contributed by atoms with E-state index in [1.165, 1.54) is 12.8 Å². The first kappa shape index (κ1) is 14.2. The van der Waals surface area contributed by atoms with Crippen LogP contribution in [0.1, 0.15) is 46.5 Å². The summed E-state index contributed by atoms with van der Waals surface area (Å²) in [5.74, 6) is 0.654. The van der Waals surface area contributed by atoms with E-state index in [4.69, 9.17) is 4.74 Å². The molecule has 1 amide bonds. The Labute approximate surface area is 118 Å². The molecule has 1 aliphatic carbocycles. The number of hydrogen-bond acceptors (Lipinski definition) is 2. The maximum Gasteiger partial charge on any atom is 0.410 e. The fraction of sp³-hybridized carbons (Fsp3) is 0.929. The summed E-state index contributed by atoms with van der Waals surface area (Å²) in [5.41, 5.74) is -0.0624. The highest BCUT2D eigenvalue weighted by Crippen LogP contribution is 2.40. The molecule has 1 spiro atoms. The van der Waals surface area contributed by atoms with Crippen molar-refractivity contribution in [1.29, 1.82) is 0 Å². The van der Waals surface area contributed by atoms with E-state index in [0.29, 0.717) is 5.92 Å². The number of rotatable bonds is 2. The predicted octanol–water partition coefficient (Wildman–Crippen LogP) is 3.81. The Kier molecular flexibility index (Phi) is 3.96. The minimum Gasteiger partial charge on any atom is -0.441 e.